The van der Waals surface area contributed by atoms with Gasteiger partial charge in [0.2, 0.25) is 10.0 Å². The molecule has 104 valence electrons. The molecule has 17 heavy (non-hydrogen) atoms. The van der Waals surface area contributed by atoms with Gasteiger partial charge in [0.1, 0.15) is 0 Å². The highest BCUT2D eigenvalue weighted by Crippen LogP contribution is 2.02. The van der Waals surface area contributed by atoms with Gasteiger partial charge < -0.3 is 10.2 Å². The number of nitrogens with one attached hydrogen (secondary N) is 1. The molecule has 0 saturated carbocycles. The molecule has 0 aromatic heterocycles. The van der Waals surface area contributed by atoms with Crippen LogP contribution in [0, 0.1) is 0 Å². The van der Waals surface area contributed by atoms with E-state index in [1.807, 2.05) is 25.9 Å². The summed E-state index contributed by atoms with van der Waals surface area (Å²) < 4.78 is 25.2. The molecule has 0 saturated heterocycles. The van der Waals surface area contributed by atoms with Gasteiger partial charge in [0, 0.05) is 20.1 Å². The zero-order valence-electron chi connectivity index (χ0n) is 11.6. The van der Waals surface area contributed by atoms with Gasteiger partial charge >= 0.3 is 0 Å². The first-order valence-electron chi connectivity index (χ1n) is 6.19. The van der Waals surface area contributed by atoms with Crippen molar-refractivity contribution < 1.29 is 8.42 Å². The number of sulfonamides is 1. The minimum atomic E-state index is -3.06. The Morgan fingerprint density at radius 2 is 1.71 bits per heavy atom. The van der Waals surface area contributed by atoms with Crippen molar-refractivity contribution >= 4 is 10.0 Å². The SMILES string of the molecule is CCNCCCCS(=O)(=O)N(C)CCN(C)C. The van der Waals surface area contributed by atoms with Gasteiger partial charge in [-0.2, -0.15) is 0 Å². The number of rotatable bonds is 10. The number of nitrogens with zero attached hydrogens (tertiary/aromatic N) is 2. The summed E-state index contributed by atoms with van der Waals surface area (Å²) in [5.41, 5.74) is 0. The molecule has 0 atom stereocenters. The summed E-state index contributed by atoms with van der Waals surface area (Å²) in [6, 6.07) is 0. The second kappa shape index (κ2) is 8.85. The number of hydrogen-bond donors (Lipinski definition) is 1. The maximum absolute atomic E-state index is 11.9. The molecule has 0 aliphatic rings. The number of unbranched alkanes of at least 4 members (excludes halogenated alkanes) is 1. The average Bonchev–Trinajstić information content (AvgIpc) is 2.25. The van der Waals surface area contributed by atoms with Gasteiger partial charge in [-0.05, 0) is 40.0 Å². The van der Waals surface area contributed by atoms with Crippen LogP contribution in [0.2, 0.25) is 0 Å². The van der Waals surface area contributed by atoms with Crippen molar-refractivity contribution in [1.82, 2.24) is 14.5 Å². The fourth-order valence-electron chi connectivity index (χ4n) is 1.35. The summed E-state index contributed by atoms with van der Waals surface area (Å²) in [6.45, 7) is 5.20. The summed E-state index contributed by atoms with van der Waals surface area (Å²) in [5.74, 6) is 0.252. The van der Waals surface area contributed by atoms with E-state index < -0.39 is 10.0 Å². The van der Waals surface area contributed by atoms with Gasteiger partial charge in [0.05, 0.1) is 5.75 Å². The molecular formula is C11H27N3O2S. The Bertz CT molecular complexity index is 278. The second-order valence-electron chi connectivity index (χ2n) is 4.50. The van der Waals surface area contributed by atoms with E-state index in [-0.39, 0.29) is 5.75 Å². The predicted octanol–water partition coefficient (Wildman–Crippen LogP) is 0.199. The minimum Gasteiger partial charge on any atom is -0.317 e. The van der Waals surface area contributed by atoms with Crippen molar-refractivity contribution in [1.29, 1.82) is 0 Å². The van der Waals surface area contributed by atoms with Crippen molar-refractivity contribution in [2.45, 2.75) is 19.8 Å². The van der Waals surface area contributed by atoms with Crippen LogP contribution in [0.5, 0.6) is 0 Å². The normalized spacial score (nSPS) is 12.6. The van der Waals surface area contributed by atoms with E-state index in [1.165, 1.54) is 4.31 Å². The highest BCUT2D eigenvalue weighted by Gasteiger charge is 2.16. The zero-order valence-corrected chi connectivity index (χ0v) is 12.4. The maximum Gasteiger partial charge on any atom is 0.213 e. The van der Waals surface area contributed by atoms with Crippen LogP contribution in [0.4, 0.5) is 0 Å². The Balaban J connectivity index is 3.85. The van der Waals surface area contributed by atoms with Gasteiger partial charge in [-0.3, -0.25) is 0 Å². The Kier molecular flexibility index (Phi) is 8.77. The van der Waals surface area contributed by atoms with E-state index >= 15 is 0 Å². The lowest BCUT2D eigenvalue weighted by molar-refractivity contribution is 0.358. The van der Waals surface area contributed by atoms with Gasteiger partial charge in [0.25, 0.3) is 0 Å². The monoisotopic (exact) mass is 265 g/mol. The number of likely N-dealkylation sites (N-methyl/N-ethyl adjacent to an activating group) is 2. The van der Waals surface area contributed by atoms with Crippen LogP contribution < -0.4 is 5.32 Å². The van der Waals surface area contributed by atoms with E-state index in [2.05, 4.69) is 5.32 Å². The smallest absolute Gasteiger partial charge is 0.213 e. The molecule has 0 bridgehead atoms. The molecule has 0 spiro atoms. The van der Waals surface area contributed by atoms with Crippen LogP contribution in [-0.4, -0.2) is 70.7 Å². The van der Waals surface area contributed by atoms with Crippen LogP contribution in [0.15, 0.2) is 0 Å². The molecule has 0 heterocycles. The first kappa shape index (κ1) is 16.8. The largest absolute Gasteiger partial charge is 0.317 e. The van der Waals surface area contributed by atoms with Gasteiger partial charge in [-0.15, -0.1) is 0 Å². The molecule has 0 fully saturated rings. The molecule has 0 aromatic carbocycles. The van der Waals surface area contributed by atoms with E-state index in [4.69, 9.17) is 0 Å². The van der Waals surface area contributed by atoms with E-state index in [0.29, 0.717) is 6.54 Å². The highest BCUT2D eigenvalue weighted by molar-refractivity contribution is 7.89. The van der Waals surface area contributed by atoms with Crippen LogP contribution in [0.25, 0.3) is 0 Å². The third-order valence-electron chi connectivity index (χ3n) is 2.59. The van der Waals surface area contributed by atoms with Gasteiger partial charge in [-0.25, -0.2) is 12.7 Å². The van der Waals surface area contributed by atoms with Crippen LogP contribution in [0.3, 0.4) is 0 Å². The molecule has 0 unspecified atom stereocenters. The Labute approximate surface area is 106 Å². The summed E-state index contributed by atoms with van der Waals surface area (Å²) in [6.07, 6.45) is 1.64. The zero-order chi connectivity index (χ0) is 13.3. The van der Waals surface area contributed by atoms with Crippen molar-refractivity contribution in [2.24, 2.45) is 0 Å². The molecular weight excluding hydrogens is 238 g/mol. The molecule has 0 amide bonds. The van der Waals surface area contributed by atoms with Crippen molar-refractivity contribution in [2.75, 3.05) is 53.1 Å². The summed E-state index contributed by atoms with van der Waals surface area (Å²) in [4.78, 5) is 1.98. The Morgan fingerprint density at radius 3 is 2.24 bits per heavy atom. The molecule has 5 nitrogen and oxygen atoms in total. The van der Waals surface area contributed by atoms with Crippen LogP contribution in [-0.2, 0) is 10.0 Å². The van der Waals surface area contributed by atoms with Gasteiger partial charge in [-0.1, -0.05) is 6.92 Å². The first-order valence-corrected chi connectivity index (χ1v) is 7.80. The molecule has 0 aliphatic carbocycles. The third-order valence-corrected chi connectivity index (χ3v) is 4.53. The molecule has 0 rings (SSSR count). The second-order valence-corrected chi connectivity index (χ2v) is 6.70. The first-order chi connectivity index (χ1) is 7.90. The molecule has 1 N–H and O–H groups in total. The average molecular weight is 265 g/mol. The Hall–Kier alpha value is -0.170. The minimum absolute atomic E-state index is 0.252. The van der Waals surface area contributed by atoms with E-state index in [0.717, 1.165) is 32.5 Å². The molecule has 6 heteroatoms. The lowest BCUT2D eigenvalue weighted by atomic mass is 10.3. The van der Waals surface area contributed by atoms with E-state index in [1.54, 1.807) is 7.05 Å². The van der Waals surface area contributed by atoms with Crippen LogP contribution >= 0.6 is 0 Å². The fourth-order valence-corrected chi connectivity index (χ4v) is 2.59. The van der Waals surface area contributed by atoms with Crippen molar-refractivity contribution in [3.05, 3.63) is 0 Å². The van der Waals surface area contributed by atoms with E-state index in [9.17, 15) is 8.42 Å². The lowest BCUT2D eigenvalue weighted by Gasteiger charge is -2.19. The molecule has 0 aromatic rings. The standard InChI is InChI=1S/C11H27N3O2S/c1-5-12-8-6-7-11-17(15,16)14(4)10-9-13(2)3/h12H,5-11H2,1-4H3. The van der Waals surface area contributed by atoms with Crippen molar-refractivity contribution in [3.8, 4) is 0 Å². The summed E-state index contributed by atoms with van der Waals surface area (Å²) in [7, 11) is 2.47. The summed E-state index contributed by atoms with van der Waals surface area (Å²) in [5, 5.41) is 3.19. The molecule has 0 aliphatic heterocycles. The lowest BCUT2D eigenvalue weighted by Crippen LogP contribution is -2.35. The predicted molar refractivity (Wildman–Crippen MR) is 72.7 cm³/mol. The topological polar surface area (TPSA) is 52.7 Å². The Morgan fingerprint density at radius 1 is 1.06 bits per heavy atom. The maximum atomic E-state index is 11.9. The van der Waals surface area contributed by atoms with Crippen LogP contribution in [0.1, 0.15) is 19.8 Å². The molecule has 0 radical (unpaired) electrons. The highest BCUT2D eigenvalue weighted by atomic mass is 32.2. The number of hydrogen-bond acceptors (Lipinski definition) is 4. The third kappa shape index (κ3) is 8.54. The summed E-state index contributed by atoms with van der Waals surface area (Å²) >= 11 is 0. The van der Waals surface area contributed by atoms with Gasteiger partial charge in [0.15, 0.2) is 0 Å². The van der Waals surface area contributed by atoms with Crippen molar-refractivity contribution in [3.63, 3.8) is 0 Å². The quantitative estimate of drug-likeness (QED) is 0.573. The fraction of sp³-hybridized carbons (Fsp3) is 1.00.